The standard InChI is InChI=1S/C26H19F3N4O7/c1-39-21-5-3-2-4-18(21)30-23(34)14-32-24(35)19(31-25(32)36)12-15-6-9-17(10-7-15)40-22-11-8-16(26(27,28)29)13-20(22)33(37)38/h2-13H,14H2,1H3,(H,30,34)(H,31,36)/b19-12+. The Morgan fingerprint density at radius 2 is 1.77 bits per heavy atom. The molecule has 2 N–H and O–H groups in total. The van der Waals surface area contributed by atoms with E-state index in [0.717, 1.165) is 11.0 Å². The summed E-state index contributed by atoms with van der Waals surface area (Å²) in [6, 6.07) is 13.3. The van der Waals surface area contributed by atoms with Crippen LogP contribution >= 0.6 is 0 Å². The molecule has 14 heteroatoms. The van der Waals surface area contributed by atoms with E-state index in [2.05, 4.69) is 10.6 Å². The SMILES string of the molecule is COc1ccccc1NC(=O)CN1C(=O)N/C(=C/c2ccc(Oc3ccc(C(F)(F)F)cc3[N+](=O)[O-])cc2)C1=O. The molecule has 206 valence electrons. The van der Waals surface area contributed by atoms with Gasteiger partial charge in [-0.05, 0) is 48.0 Å². The second-order valence-electron chi connectivity index (χ2n) is 8.24. The maximum Gasteiger partial charge on any atom is 0.416 e. The van der Waals surface area contributed by atoms with Gasteiger partial charge in [0.05, 0.1) is 23.3 Å². The quantitative estimate of drug-likeness (QED) is 0.173. The van der Waals surface area contributed by atoms with Gasteiger partial charge in [0.2, 0.25) is 11.7 Å². The van der Waals surface area contributed by atoms with Crippen molar-refractivity contribution < 1.29 is 42.0 Å². The van der Waals surface area contributed by atoms with Crippen LogP contribution in [0.2, 0.25) is 0 Å². The molecule has 1 fully saturated rings. The van der Waals surface area contributed by atoms with Crippen molar-refractivity contribution in [2.75, 3.05) is 19.0 Å². The number of benzene rings is 3. The van der Waals surface area contributed by atoms with Gasteiger partial charge in [-0.1, -0.05) is 24.3 Å². The summed E-state index contributed by atoms with van der Waals surface area (Å²) in [5.41, 5.74) is -1.39. The Kier molecular flexibility index (Phi) is 7.70. The number of nitro benzene ring substituents is 1. The van der Waals surface area contributed by atoms with Gasteiger partial charge in [0.1, 0.15) is 23.7 Å². The summed E-state index contributed by atoms with van der Waals surface area (Å²) in [5, 5.41) is 16.2. The van der Waals surface area contributed by atoms with Crippen LogP contribution in [0.1, 0.15) is 11.1 Å². The Hall–Kier alpha value is -5.40. The molecule has 0 aliphatic carbocycles. The van der Waals surface area contributed by atoms with Crippen molar-refractivity contribution >= 4 is 35.3 Å². The third-order valence-corrected chi connectivity index (χ3v) is 5.55. The number of imide groups is 1. The van der Waals surface area contributed by atoms with Crippen molar-refractivity contribution in [1.29, 1.82) is 0 Å². The molecule has 40 heavy (non-hydrogen) atoms. The van der Waals surface area contributed by atoms with Gasteiger partial charge in [-0.3, -0.25) is 19.7 Å². The molecule has 1 saturated heterocycles. The summed E-state index contributed by atoms with van der Waals surface area (Å²) in [6.45, 7) is -0.557. The van der Waals surface area contributed by atoms with Crippen LogP contribution in [0, 0.1) is 10.1 Å². The third-order valence-electron chi connectivity index (χ3n) is 5.55. The molecular formula is C26H19F3N4O7. The van der Waals surface area contributed by atoms with Gasteiger partial charge in [-0.2, -0.15) is 13.2 Å². The lowest BCUT2D eigenvalue weighted by Gasteiger charge is -2.13. The molecule has 1 heterocycles. The van der Waals surface area contributed by atoms with Crippen LogP contribution in [-0.4, -0.2) is 41.3 Å². The van der Waals surface area contributed by atoms with Crippen LogP contribution < -0.4 is 20.1 Å². The highest BCUT2D eigenvalue weighted by molar-refractivity contribution is 6.16. The zero-order valence-corrected chi connectivity index (χ0v) is 20.5. The van der Waals surface area contributed by atoms with Gasteiger partial charge in [-0.15, -0.1) is 0 Å². The zero-order valence-electron chi connectivity index (χ0n) is 20.5. The number of carbonyl (C=O) groups is 3. The smallest absolute Gasteiger partial charge is 0.416 e. The molecule has 1 aliphatic rings. The van der Waals surface area contributed by atoms with E-state index in [4.69, 9.17) is 9.47 Å². The molecule has 4 amide bonds. The van der Waals surface area contributed by atoms with Crippen LogP contribution in [0.3, 0.4) is 0 Å². The van der Waals surface area contributed by atoms with E-state index in [0.29, 0.717) is 29.1 Å². The number of ether oxygens (including phenoxy) is 2. The van der Waals surface area contributed by atoms with Crippen LogP contribution in [0.25, 0.3) is 6.08 Å². The lowest BCUT2D eigenvalue weighted by atomic mass is 10.1. The molecule has 3 aromatic carbocycles. The van der Waals surface area contributed by atoms with Crippen molar-refractivity contribution in [3.05, 3.63) is 93.7 Å². The molecule has 0 aromatic heterocycles. The van der Waals surface area contributed by atoms with E-state index < -0.39 is 52.5 Å². The number of nitrogens with zero attached hydrogens (tertiary/aromatic N) is 2. The van der Waals surface area contributed by atoms with E-state index in [1.807, 2.05) is 0 Å². The van der Waals surface area contributed by atoms with Gasteiger partial charge in [0.25, 0.3) is 5.91 Å². The van der Waals surface area contributed by atoms with E-state index in [1.54, 1.807) is 24.3 Å². The van der Waals surface area contributed by atoms with Crippen molar-refractivity contribution in [2.45, 2.75) is 6.18 Å². The lowest BCUT2D eigenvalue weighted by molar-refractivity contribution is -0.385. The van der Waals surface area contributed by atoms with E-state index >= 15 is 0 Å². The molecule has 0 atom stereocenters. The number of nitrogens with one attached hydrogen (secondary N) is 2. The molecular weight excluding hydrogens is 537 g/mol. The molecule has 4 rings (SSSR count). The van der Waals surface area contributed by atoms with E-state index in [1.165, 1.54) is 37.5 Å². The summed E-state index contributed by atoms with van der Waals surface area (Å²) in [4.78, 5) is 48.5. The fourth-order valence-electron chi connectivity index (χ4n) is 3.64. The fourth-order valence-corrected chi connectivity index (χ4v) is 3.64. The topological polar surface area (TPSA) is 140 Å². The van der Waals surface area contributed by atoms with Crippen molar-refractivity contribution in [3.8, 4) is 17.2 Å². The molecule has 0 unspecified atom stereocenters. The first-order valence-electron chi connectivity index (χ1n) is 11.4. The van der Waals surface area contributed by atoms with Gasteiger partial charge in [0.15, 0.2) is 0 Å². The van der Waals surface area contributed by atoms with Gasteiger partial charge in [0, 0.05) is 6.07 Å². The minimum atomic E-state index is -4.76. The van der Waals surface area contributed by atoms with Crippen molar-refractivity contribution in [3.63, 3.8) is 0 Å². The number of para-hydroxylation sites is 2. The molecule has 0 saturated carbocycles. The Labute approximate surface area is 223 Å². The molecule has 1 aliphatic heterocycles. The normalized spacial score (nSPS) is 14.2. The summed E-state index contributed by atoms with van der Waals surface area (Å²) in [7, 11) is 1.43. The summed E-state index contributed by atoms with van der Waals surface area (Å²) < 4.78 is 49.3. The highest BCUT2D eigenvalue weighted by atomic mass is 19.4. The number of alkyl halides is 3. The van der Waals surface area contributed by atoms with Gasteiger partial charge in [-0.25, -0.2) is 9.69 Å². The lowest BCUT2D eigenvalue weighted by Crippen LogP contribution is -2.38. The Balaban J connectivity index is 1.44. The minimum Gasteiger partial charge on any atom is -0.495 e. The summed E-state index contributed by atoms with van der Waals surface area (Å²) >= 11 is 0. The Morgan fingerprint density at radius 1 is 1.07 bits per heavy atom. The second-order valence-corrected chi connectivity index (χ2v) is 8.24. The average molecular weight is 556 g/mol. The Morgan fingerprint density at radius 3 is 2.42 bits per heavy atom. The predicted molar refractivity (Wildman–Crippen MR) is 134 cm³/mol. The number of urea groups is 1. The van der Waals surface area contributed by atoms with Crippen molar-refractivity contribution in [2.24, 2.45) is 0 Å². The van der Waals surface area contributed by atoms with Gasteiger partial charge >= 0.3 is 17.9 Å². The number of hydrogen-bond donors (Lipinski definition) is 2. The van der Waals surface area contributed by atoms with Crippen LogP contribution in [0.5, 0.6) is 17.2 Å². The zero-order chi connectivity index (χ0) is 29.0. The third kappa shape index (κ3) is 6.18. The summed E-state index contributed by atoms with van der Waals surface area (Å²) in [5.74, 6) is -1.31. The van der Waals surface area contributed by atoms with Crippen LogP contribution in [-0.2, 0) is 15.8 Å². The molecule has 0 spiro atoms. The molecule has 3 aromatic rings. The second kappa shape index (κ2) is 11.1. The molecule has 0 radical (unpaired) electrons. The Bertz CT molecular complexity index is 1520. The van der Waals surface area contributed by atoms with Gasteiger partial charge < -0.3 is 20.1 Å². The maximum atomic E-state index is 12.9. The van der Waals surface area contributed by atoms with Crippen molar-refractivity contribution in [1.82, 2.24) is 10.2 Å². The molecule has 0 bridgehead atoms. The van der Waals surface area contributed by atoms with E-state index in [9.17, 15) is 37.7 Å². The minimum absolute atomic E-state index is 0.0708. The predicted octanol–water partition coefficient (Wildman–Crippen LogP) is 4.95. The van der Waals surface area contributed by atoms with Crippen LogP contribution in [0.4, 0.5) is 29.3 Å². The number of amides is 4. The number of hydrogen-bond acceptors (Lipinski definition) is 7. The number of halogens is 3. The average Bonchev–Trinajstić information content (AvgIpc) is 3.16. The van der Waals surface area contributed by atoms with E-state index in [-0.39, 0.29) is 11.4 Å². The number of methoxy groups -OCH3 is 1. The number of nitro groups is 1. The first-order chi connectivity index (χ1) is 19.0. The number of rotatable bonds is 8. The fraction of sp³-hybridized carbons (Fsp3) is 0.115. The maximum absolute atomic E-state index is 12.9. The summed E-state index contributed by atoms with van der Waals surface area (Å²) in [6.07, 6.45) is -3.43. The van der Waals surface area contributed by atoms with Crippen LogP contribution in [0.15, 0.2) is 72.4 Å². The first kappa shape index (κ1) is 27.6. The largest absolute Gasteiger partial charge is 0.495 e. The number of anilines is 1. The highest BCUT2D eigenvalue weighted by Crippen LogP contribution is 2.38. The number of carbonyl (C=O) groups excluding carboxylic acids is 3. The highest BCUT2D eigenvalue weighted by Gasteiger charge is 2.35. The monoisotopic (exact) mass is 556 g/mol. The first-order valence-corrected chi connectivity index (χ1v) is 11.4. The molecule has 11 nitrogen and oxygen atoms in total.